The van der Waals surface area contributed by atoms with Crippen molar-refractivity contribution in [2.45, 2.75) is 63.1 Å². The van der Waals surface area contributed by atoms with Crippen molar-refractivity contribution in [1.29, 1.82) is 0 Å². The third-order valence-corrected chi connectivity index (χ3v) is 7.51. The molecule has 1 N–H and O–H groups in total. The largest absolute Gasteiger partial charge is 0.393 e. The van der Waals surface area contributed by atoms with Crippen LogP contribution in [-0.4, -0.2) is 66.9 Å². The average molecular weight is 486 g/mol. The molecule has 186 valence electrons. The molecule has 2 aromatic heterocycles. The third-order valence-electron chi connectivity index (χ3n) is 7.51. The maximum absolute atomic E-state index is 14.4. The summed E-state index contributed by atoms with van der Waals surface area (Å²) in [6.07, 6.45) is 8.83. The molecule has 0 bridgehead atoms. The van der Waals surface area contributed by atoms with E-state index in [0.717, 1.165) is 31.2 Å². The number of piperidine rings is 1. The number of ether oxygens (including phenoxy) is 3. The first-order valence-corrected chi connectivity index (χ1v) is 12.4. The van der Waals surface area contributed by atoms with E-state index in [2.05, 4.69) is 31.6 Å². The van der Waals surface area contributed by atoms with Crippen molar-refractivity contribution in [3.05, 3.63) is 29.6 Å². The van der Waals surface area contributed by atoms with Crippen LogP contribution in [0, 0.1) is 6.92 Å². The van der Waals surface area contributed by atoms with Gasteiger partial charge in [0, 0.05) is 39.4 Å². The number of nitrogens with zero attached hydrogens (tertiary/aromatic N) is 6. The summed E-state index contributed by atoms with van der Waals surface area (Å²) in [5, 5.41) is 4.67. The molecule has 1 aliphatic carbocycles. The molecule has 3 fully saturated rings. The molecular formula is C24H32FN7O3+2. The van der Waals surface area contributed by atoms with Crippen molar-refractivity contribution in [3.63, 3.8) is 0 Å². The highest BCUT2D eigenvalue weighted by Crippen LogP contribution is 2.40. The first-order valence-electron chi connectivity index (χ1n) is 12.4. The highest BCUT2D eigenvalue weighted by molar-refractivity contribution is 6.09. The van der Waals surface area contributed by atoms with Gasteiger partial charge in [-0.25, -0.2) is 13.9 Å². The number of nitrogens with one attached hydrogen (secondary N) is 1. The van der Waals surface area contributed by atoms with E-state index in [1.807, 2.05) is 21.5 Å². The van der Waals surface area contributed by atoms with Crippen molar-refractivity contribution < 1.29 is 27.9 Å². The summed E-state index contributed by atoms with van der Waals surface area (Å²) in [7, 11) is 1.56. The fourth-order valence-electron chi connectivity index (χ4n) is 5.73. The predicted molar refractivity (Wildman–Crippen MR) is 124 cm³/mol. The number of H-pyrrole nitrogens is 1. The number of hydrogen-bond acceptors (Lipinski definition) is 6. The van der Waals surface area contributed by atoms with Crippen molar-refractivity contribution in [1.82, 2.24) is 9.55 Å². The molecule has 0 unspecified atom stereocenters. The maximum Gasteiger partial charge on any atom is 0.393 e. The van der Waals surface area contributed by atoms with Gasteiger partial charge in [0.2, 0.25) is 11.7 Å². The fraction of sp³-hybridized carbons (Fsp3) is 0.625. The molecule has 1 spiro atoms. The number of methoxy groups -OCH3 is 1. The monoisotopic (exact) mass is 485 g/mol. The predicted octanol–water partition coefficient (Wildman–Crippen LogP) is 1.27. The Kier molecular flexibility index (Phi) is 5.85. The Morgan fingerprint density at radius 2 is 2.06 bits per heavy atom. The van der Waals surface area contributed by atoms with Crippen molar-refractivity contribution >= 4 is 23.7 Å². The van der Waals surface area contributed by atoms with Gasteiger partial charge in [0.1, 0.15) is 18.3 Å². The van der Waals surface area contributed by atoms with Crippen LogP contribution in [0.15, 0.2) is 28.6 Å². The molecule has 1 saturated carbocycles. The minimum absolute atomic E-state index is 0.238. The molecule has 5 heterocycles. The molecule has 3 aliphatic heterocycles. The summed E-state index contributed by atoms with van der Waals surface area (Å²) in [5.74, 6) is 1.35. The summed E-state index contributed by atoms with van der Waals surface area (Å²) in [5.41, 5.74) is 2.18. The van der Waals surface area contributed by atoms with E-state index in [-0.39, 0.29) is 18.4 Å². The molecule has 11 heteroatoms. The van der Waals surface area contributed by atoms with E-state index in [4.69, 9.17) is 14.2 Å². The normalized spacial score (nSPS) is 27.3. The first-order chi connectivity index (χ1) is 17.0. The van der Waals surface area contributed by atoms with Gasteiger partial charge in [-0.1, -0.05) is 14.5 Å². The molecule has 2 saturated heterocycles. The van der Waals surface area contributed by atoms with Crippen LogP contribution in [0.5, 0.6) is 0 Å². The quantitative estimate of drug-likeness (QED) is 0.608. The van der Waals surface area contributed by atoms with Crippen LogP contribution in [-0.2, 0) is 14.2 Å². The Bertz CT molecular complexity index is 1250. The van der Waals surface area contributed by atoms with Crippen molar-refractivity contribution in [3.8, 4) is 0 Å². The fourth-order valence-corrected chi connectivity index (χ4v) is 5.73. The van der Waals surface area contributed by atoms with Gasteiger partial charge >= 0.3 is 11.4 Å². The lowest BCUT2D eigenvalue weighted by molar-refractivity contribution is -0.552. The lowest BCUT2D eigenvalue weighted by Crippen LogP contribution is -2.47. The van der Waals surface area contributed by atoms with Crippen LogP contribution in [0.4, 0.5) is 16.2 Å². The minimum Gasteiger partial charge on any atom is -0.378 e. The second-order valence-corrected chi connectivity index (χ2v) is 9.69. The van der Waals surface area contributed by atoms with Crippen LogP contribution < -0.4 is 19.7 Å². The molecule has 2 aromatic rings. The van der Waals surface area contributed by atoms with Crippen molar-refractivity contribution in [2.24, 2.45) is 10.1 Å². The Balaban J connectivity index is 1.21. The number of aromatic nitrogens is 4. The highest BCUT2D eigenvalue weighted by Gasteiger charge is 2.43. The first kappa shape index (κ1) is 22.7. The number of amidine groups is 1. The SMILES string of the molecule is CO[C@@H]1CCN(c2nc(N=C3C=c4n(C5CCC6(CC5)OCCO6)c(C)c[n+]4=N3)cc[nH+]2)C[C@@H]1F. The van der Waals surface area contributed by atoms with Gasteiger partial charge in [0.15, 0.2) is 18.2 Å². The van der Waals surface area contributed by atoms with Crippen LogP contribution in [0.1, 0.15) is 43.8 Å². The summed E-state index contributed by atoms with van der Waals surface area (Å²) in [4.78, 5) is 14.3. The number of fused-ring (bicyclic) bond motifs is 1. The molecule has 6 rings (SSSR count). The zero-order valence-electron chi connectivity index (χ0n) is 20.2. The number of aromatic amines is 1. The molecule has 0 amide bonds. The van der Waals surface area contributed by atoms with Crippen LogP contribution in [0.3, 0.4) is 0 Å². The maximum atomic E-state index is 14.4. The zero-order valence-corrected chi connectivity index (χ0v) is 20.2. The number of aryl methyl sites for hydroxylation is 1. The van der Waals surface area contributed by atoms with Gasteiger partial charge in [0.05, 0.1) is 38.1 Å². The van der Waals surface area contributed by atoms with Gasteiger partial charge in [0.25, 0.3) is 0 Å². The molecule has 0 aromatic carbocycles. The second-order valence-electron chi connectivity index (χ2n) is 9.69. The summed E-state index contributed by atoms with van der Waals surface area (Å²) < 4.78 is 35.6. The summed E-state index contributed by atoms with van der Waals surface area (Å²) in [6.45, 7) is 4.41. The average Bonchev–Trinajstić information content (AvgIpc) is 3.55. The van der Waals surface area contributed by atoms with Crippen LogP contribution in [0.25, 0.3) is 6.08 Å². The number of halogens is 1. The van der Waals surface area contributed by atoms with Crippen LogP contribution >= 0.6 is 0 Å². The van der Waals surface area contributed by atoms with Gasteiger partial charge < -0.3 is 14.2 Å². The Hall–Kier alpha value is -2.76. The van der Waals surface area contributed by atoms with E-state index in [9.17, 15) is 4.39 Å². The second kappa shape index (κ2) is 9.03. The van der Waals surface area contributed by atoms with Gasteiger partial charge in [-0.2, -0.15) is 4.99 Å². The molecule has 10 nitrogen and oxygen atoms in total. The smallest absolute Gasteiger partial charge is 0.378 e. The van der Waals surface area contributed by atoms with Crippen LogP contribution in [0.2, 0.25) is 0 Å². The van der Waals surface area contributed by atoms with Gasteiger partial charge in [-0.05, 0) is 12.8 Å². The van der Waals surface area contributed by atoms with E-state index in [0.29, 0.717) is 49.8 Å². The molecule has 4 aliphatic rings. The number of aliphatic imine (C=N–C) groups is 1. The van der Waals surface area contributed by atoms with Gasteiger partial charge in [-0.15, -0.1) is 0 Å². The van der Waals surface area contributed by atoms with E-state index in [1.165, 1.54) is 5.69 Å². The third kappa shape index (κ3) is 4.25. The minimum atomic E-state index is -1.05. The highest BCUT2D eigenvalue weighted by atomic mass is 19.1. The molecule has 35 heavy (non-hydrogen) atoms. The topological polar surface area (TPSA) is 93.5 Å². The molecular weight excluding hydrogens is 453 g/mol. The standard InChI is InChI=1S/C24H31FN7O3/c1-16-14-31-22(32(16)17-3-7-24(8-4-17)34-11-12-35-24)13-21(29-31)27-20-5-9-26-23(28-20)30-10-6-19(33-2)18(25)15-30/h5,9,13-14,17-19H,3-4,6-8,10-12,15H2,1-2H3/q+1/p+1/t18-,19+/m0/s1. The Labute approximate surface area is 202 Å². The van der Waals surface area contributed by atoms with Gasteiger partial charge in [-0.3, -0.25) is 4.90 Å². The summed E-state index contributed by atoms with van der Waals surface area (Å²) in [6, 6.07) is 2.17. The molecule has 0 radical (unpaired) electrons. The lowest BCUT2D eigenvalue weighted by atomic mass is 9.89. The number of alkyl halides is 1. The number of hydrogen-bond donors (Lipinski definition) is 0. The molecule has 2 atom stereocenters. The zero-order chi connectivity index (χ0) is 24.0. The lowest BCUT2D eigenvalue weighted by Gasteiger charge is -2.34. The summed E-state index contributed by atoms with van der Waals surface area (Å²) >= 11 is 0. The number of imidazole rings is 1. The van der Waals surface area contributed by atoms with E-state index in [1.54, 1.807) is 19.4 Å². The number of rotatable bonds is 4. The number of anilines is 1. The Morgan fingerprint density at radius 1 is 1.26 bits per heavy atom. The van der Waals surface area contributed by atoms with E-state index < -0.39 is 6.17 Å². The Morgan fingerprint density at radius 3 is 2.80 bits per heavy atom. The van der Waals surface area contributed by atoms with E-state index >= 15 is 0 Å². The van der Waals surface area contributed by atoms with Crippen molar-refractivity contribution in [2.75, 3.05) is 38.3 Å².